The number of hydrogen-bond donors (Lipinski definition) is 1. The lowest BCUT2D eigenvalue weighted by molar-refractivity contribution is 0.214. The number of aliphatic hydroxyl groups excluding tert-OH is 1. The van der Waals surface area contributed by atoms with Gasteiger partial charge in [0.2, 0.25) is 0 Å². The molecule has 0 saturated carbocycles. The normalized spacial score (nSPS) is 10.8. The Morgan fingerprint density at radius 3 is 2.48 bits per heavy atom. The standard InChI is InChI=1S/C17H20N2OS/c1-14-3-8-17(21-14)13-19(9-2-10-20)12-16-6-4-15(11-18)5-7-16/h3-8,20H,2,9-10,12-13H2,1H3. The van der Waals surface area contributed by atoms with Gasteiger partial charge in [-0.2, -0.15) is 5.26 Å². The maximum atomic E-state index is 9.06. The van der Waals surface area contributed by atoms with E-state index in [-0.39, 0.29) is 6.61 Å². The predicted octanol–water partition coefficient (Wildman–Crippen LogP) is 3.31. The van der Waals surface area contributed by atoms with Gasteiger partial charge in [-0.3, -0.25) is 4.90 Å². The minimum absolute atomic E-state index is 0.216. The van der Waals surface area contributed by atoms with Crippen LogP contribution in [0, 0.1) is 18.3 Å². The molecular weight excluding hydrogens is 280 g/mol. The molecule has 0 bridgehead atoms. The average Bonchev–Trinajstić information content (AvgIpc) is 2.90. The van der Waals surface area contributed by atoms with E-state index in [1.807, 2.05) is 35.6 Å². The van der Waals surface area contributed by atoms with Gasteiger partial charge >= 0.3 is 0 Å². The molecule has 0 aliphatic heterocycles. The van der Waals surface area contributed by atoms with Crippen molar-refractivity contribution in [2.24, 2.45) is 0 Å². The van der Waals surface area contributed by atoms with Gasteiger partial charge in [-0.15, -0.1) is 11.3 Å². The van der Waals surface area contributed by atoms with Crippen LogP contribution in [0.1, 0.15) is 27.3 Å². The van der Waals surface area contributed by atoms with Gasteiger partial charge in [-0.05, 0) is 43.2 Å². The first-order valence-corrected chi connectivity index (χ1v) is 7.90. The van der Waals surface area contributed by atoms with Crippen LogP contribution in [0.15, 0.2) is 36.4 Å². The number of benzene rings is 1. The van der Waals surface area contributed by atoms with Crippen LogP contribution in [0.3, 0.4) is 0 Å². The van der Waals surface area contributed by atoms with E-state index < -0.39 is 0 Å². The molecule has 110 valence electrons. The molecule has 0 fully saturated rings. The quantitative estimate of drug-likeness (QED) is 0.853. The first-order chi connectivity index (χ1) is 10.2. The molecule has 0 atom stereocenters. The molecule has 3 nitrogen and oxygen atoms in total. The molecule has 0 aliphatic rings. The van der Waals surface area contributed by atoms with E-state index in [9.17, 15) is 0 Å². The zero-order valence-corrected chi connectivity index (χ0v) is 13.1. The fraction of sp³-hybridized carbons (Fsp3) is 0.353. The molecule has 4 heteroatoms. The second-order valence-electron chi connectivity index (χ2n) is 5.11. The molecule has 21 heavy (non-hydrogen) atoms. The van der Waals surface area contributed by atoms with E-state index in [1.165, 1.54) is 15.3 Å². The lowest BCUT2D eigenvalue weighted by atomic mass is 10.1. The lowest BCUT2D eigenvalue weighted by Gasteiger charge is -2.21. The summed E-state index contributed by atoms with van der Waals surface area (Å²) in [5.74, 6) is 0. The summed E-state index contributed by atoms with van der Waals surface area (Å²) in [5, 5.41) is 17.9. The van der Waals surface area contributed by atoms with Crippen LogP contribution < -0.4 is 0 Å². The number of hydrogen-bond acceptors (Lipinski definition) is 4. The van der Waals surface area contributed by atoms with E-state index >= 15 is 0 Å². The fourth-order valence-electron chi connectivity index (χ4n) is 2.24. The first kappa shape index (κ1) is 15.7. The fourth-order valence-corrected chi connectivity index (χ4v) is 3.17. The van der Waals surface area contributed by atoms with Crippen molar-refractivity contribution in [2.75, 3.05) is 13.2 Å². The van der Waals surface area contributed by atoms with Crippen molar-refractivity contribution in [3.8, 4) is 6.07 Å². The van der Waals surface area contributed by atoms with Gasteiger partial charge < -0.3 is 5.11 Å². The molecule has 2 aromatic rings. The third-order valence-electron chi connectivity index (χ3n) is 3.30. The highest BCUT2D eigenvalue weighted by atomic mass is 32.1. The van der Waals surface area contributed by atoms with Crippen molar-refractivity contribution in [2.45, 2.75) is 26.4 Å². The SMILES string of the molecule is Cc1ccc(CN(CCCO)Cc2ccc(C#N)cc2)s1. The molecule has 0 saturated heterocycles. The van der Waals surface area contributed by atoms with Crippen molar-refractivity contribution in [1.82, 2.24) is 4.90 Å². The molecule has 1 N–H and O–H groups in total. The van der Waals surface area contributed by atoms with E-state index in [4.69, 9.17) is 10.4 Å². The Kier molecular flexibility index (Phi) is 5.94. The van der Waals surface area contributed by atoms with Crippen LogP contribution in [0.2, 0.25) is 0 Å². The van der Waals surface area contributed by atoms with Crippen LogP contribution in [-0.4, -0.2) is 23.2 Å². The Morgan fingerprint density at radius 1 is 1.14 bits per heavy atom. The third-order valence-corrected chi connectivity index (χ3v) is 4.28. The lowest BCUT2D eigenvalue weighted by Crippen LogP contribution is -2.24. The highest BCUT2D eigenvalue weighted by molar-refractivity contribution is 7.11. The van der Waals surface area contributed by atoms with Crippen molar-refractivity contribution in [1.29, 1.82) is 5.26 Å². The minimum atomic E-state index is 0.216. The van der Waals surface area contributed by atoms with Gasteiger partial charge in [0.25, 0.3) is 0 Å². The number of nitrogens with zero attached hydrogens (tertiary/aromatic N) is 2. The van der Waals surface area contributed by atoms with Gasteiger partial charge in [0.1, 0.15) is 0 Å². The summed E-state index contributed by atoms with van der Waals surface area (Å²) < 4.78 is 0. The van der Waals surface area contributed by atoms with E-state index in [0.717, 1.165) is 26.1 Å². The summed E-state index contributed by atoms with van der Waals surface area (Å²) in [6, 6.07) is 14.2. The number of nitriles is 1. The van der Waals surface area contributed by atoms with Gasteiger partial charge in [0.05, 0.1) is 11.6 Å². The van der Waals surface area contributed by atoms with Crippen LogP contribution in [0.4, 0.5) is 0 Å². The van der Waals surface area contributed by atoms with Gasteiger partial charge in [-0.1, -0.05) is 12.1 Å². The molecule has 1 aromatic carbocycles. The smallest absolute Gasteiger partial charge is 0.0991 e. The van der Waals surface area contributed by atoms with Gasteiger partial charge in [0, 0.05) is 36.0 Å². The number of aryl methyl sites for hydroxylation is 1. The Bertz CT molecular complexity index is 598. The third kappa shape index (κ3) is 4.98. The van der Waals surface area contributed by atoms with E-state index in [0.29, 0.717) is 5.56 Å². The molecule has 1 aromatic heterocycles. The van der Waals surface area contributed by atoms with Crippen LogP contribution in [0.25, 0.3) is 0 Å². The Labute approximate surface area is 130 Å². The first-order valence-electron chi connectivity index (χ1n) is 7.09. The second kappa shape index (κ2) is 7.94. The Morgan fingerprint density at radius 2 is 1.90 bits per heavy atom. The predicted molar refractivity (Wildman–Crippen MR) is 86.0 cm³/mol. The number of rotatable bonds is 7. The summed E-state index contributed by atoms with van der Waals surface area (Å²) >= 11 is 1.82. The topological polar surface area (TPSA) is 47.3 Å². The highest BCUT2D eigenvalue weighted by Crippen LogP contribution is 2.18. The molecule has 0 aliphatic carbocycles. The van der Waals surface area contributed by atoms with Crippen molar-refractivity contribution in [3.63, 3.8) is 0 Å². The van der Waals surface area contributed by atoms with Gasteiger partial charge in [-0.25, -0.2) is 0 Å². The van der Waals surface area contributed by atoms with Crippen LogP contribution >= 0.6 is 11.3 Å². The molecule has 1 heterocycles. The van der Waals surface area contributed by atoms with Crippen molar-refractivity contribution in [3.05, 3.63) is 57.3 Å². The minimum Gasteiger partial charge on any atom is -0.396 e. The van der Waals surface area contributed by atoms with E-state index in [1.54, 1.807) is 0 Å². The molecule has 0 amide bonds. The van der Waals surface area contributed by atoms with Crippen molar-refractivity contribution >= 4 is 11.3 Å². The average molecular weight is 300 g/mol. The molecule has 2 rings (SSSR count). The maximum absolute atomic E-state index is 9.06. The summed E-state index contributed by atoms with van der Waals surface area (Å²) in [5.41, 5.74) is 1.88. The van der Waals surface area contributed by atoms with Crippen LogP contribution in [-0.2, 0) is 13.1 Å². The Hall–Kier alpha value is -1.67. The van der Waals surface area contributed by atoms with E-state index in [2.05, 4.69) is 30.0 Å². The molecular formula is C17H20N2OS. The second-order valence-corrected chi connectivity index (χ2v) is 6.48. The van der Waals surface area contributed by atoms with Gasteiger partial charge in [0.15, 0.2) is 0 Å². The summed E-state index contributed by atoms with van der Waals surface area (Å²) in [4.78, 5) is 5.01. The number of thiophene rings is 1. The summed E-state index contributed by atoms with van der Waals surface area (Å²) in [6.07, 6.45) is 0.778. The molecule has 0 unspecified atom stereocenters. The van der Waals surface area contributed by atoms with Crippen molar-refractivity contribution < 1.29 is 5.11 Å². The largest absolute Gasteiger partial charge is 0.396 e. The molecule has 0 spiro atoms. The highest BCUT2D eigenvalue weighted by Gasteiger charge is 2.08. The zero-order valence-electron chi connectivity index (χ0n) is 12.2. The Balaban J connectivity index is 2.02. The summed E-state index contributed by atoms with van der Waals surface area (Å²) in [6.45, 7) is 4.94. The number of aliphatic hydroxyl groups is 1. The maximum Gasteiger partial charge on any atom is 0.0991 e. The van der Waals surface area contributed by atoms with Crippen LogP contribution in [0.5, 0.6) is 0 Å². The zero-order chi connectivity index (χ0) is 15.1. The molecule has 0 radical (unpaired) electrons. The summed E-state index contributed by atoms with van der Waals surface area (Å²) in [7, 11) is 0. The monoisotopic (exact) mass is 300 g/mol.